The molecule has 0 saturated carbocycles. The number of halogens is 1. The fraction of sp³-hybridized carbons (Fsp3) is 0.214. The Morgan fingerprint density at radius 3 is 2.79 bits per heavy atom. The van der Waals surface area contributed by atoms with E-state index in [9.17, 15) is 0 Å². The van der Waals surface area contributed by atoms with Crippen molar-refractivity contribution in [1.29, 1.82) is 0 Å². The summed E-state index contributed by atoms with van der Waals surface area (Å²) >= 11 is 3.30. The van der Waals surface area contributed by atoms with Gasteiger partial charge in [0.05, 0.1) is 6.04 Å². The second-order valence-electron chi connectivity index (χ2n) is 4.42. The van der Waals surface area contributed by atoms with Crippen molar-refractivity contribution in [1.82, 2.24) is 4.98 Å². The molecule has 0 aliphatic carbocycles. The van der Waals surface area contributed by atoms with Gasteiger partial charge in [0.25, 0.3) is 0 Å². The second-order valence-corrected chi connectivity index (χ2v) is 5.20. The Kier molecular flexibility index (Phi) is 3.06. The van der Waals surface area contributed by atoms with Gasteiger partial charge in [-0.1, -0.05) is 0 Å². The van der Waals surface area contributed by atoms with Gasteiger partial charge in [-0.25, -0.2) is 4.98 Å². The van der Waals surface area contributed by atoms with Crippen LogP contribution in [0.3, 0.4) is 0 Å². The smallest absolute Gasteiger partial charge is 0.192 e. The largest absolute Gasteiger partial charge is 0.452 e. The molecule has 5 heteroatoms. The summed E-state index contributed by atoms with van der Waals surface area (Å²) in [5.74, 6) is 1.55. The van der Waals surface area contributed by atoms with E-state index in [0.717, 1.165) is 27.2 Å². The lowest BCUT2D eigenvalue weighted by Crippen LogP contribution is -2.05. The molecular formula is C14H13BrN2O2. The first kappa shape index (κ1) is 12.3. The van der Waals surface area contributed by atoms with Crippen LogP contribution in [0.4, 0.5) is 5.69 Å². The number of fused-ring (bicyclic) bond motifs is 1. The minimum Gasteiger partial charge on any atom is -0.452 e. The maximum atomic E-state index is 5.53. The lowest BCUT2D eigenvalue weighted by Gasteiger charge is -2.12. The van der Waals surface area contributed by atoms with E-state index >= 15 is 0 Å². The third kappa shape index (κ3) is 2.51. The van der Waals surface area contributed by atoms with Gasteiger partial charge in [0, 0.05) is 12.6 Å². The summed E-state index contributed by atoms with van der Waals surface area (Å²) in [4.78, 5) is 4.32. The van der Waals surface area contributed by atoms with Crippen molar-refractivity contribution in [2.24, 2.45) is 0 Å². The number of oxazole rings is 1. The number of nitrogens with zero attached hydrogens (tertiary/aromatic N) is 1. The first-order valence-electron chi connectivity index (χ1n) is 6.01. The Hall–Kier alpha value is -1.75. The molecule has 2 heterocycles. The molecule has 2 aromatic heterocycles. The molecule has 0 amide bonds. The summed E-state index contributed by atoms with van der Waals surface area (Å²) in [5.41, 5.74) is 2.65. The molecule has 3 rings (SSSR count). The summed E-state index contributed by atoms with van der Waals surface area (Å²) in [6.45, 7) is 3.89. The zero-order valence-corrected chi connectivity index (χ0v) is 12.2. The summed E-state index contributed by atoms with van der Waals surface area (Å²) in [6.07, 6.45) is 0. The number of nitrogens with one attached hydrogen (secondary N) is 1. The van der Waals surface area contributed by atoms with Crippen molar-refractivity contribution in [2.75, 3.05) is 5.32 Å². The van der Waals surface area contributed by atoms with E-state index in [1.807, 2.05) is 44.2 Å². The van der Waals surface area contributed by atoms with Crippen molar-refractivity contribution in [3.63, 3.8) is 0 Å². The van der Waals surface area contributed by atoms with Gasteiger partial charge in [0.15, 0.2) is 16.1 Å². The summed E-state index contributed by atoms with van der Waals surface area (Å²) < 4.78 is 11.7. The quantitative estimate of drug-likeness (QED) is 0.762. The van der Waals surface area contributed by atoms with Gasteiger partial charge in [-0.3, -0.25) is 0 Å². The highest BCUT2D eigenvalue weighted by molar-refractivity contribution is 9.10. The average molecular weight is 321 g/mol. The topological polar surface area (TPSA) is 51.2 Å². The molecule has 1 N–H and O–H groups in total. The van der Waals surface area contributed by atoms with Gasteiger partial charge in [-0.15, -0.1) is 0 Å². The molecule has 0 saturated heterocycles. The number of hydrogen-bond donors (Lipinski definition) is 1. The van der Waals surface area contributed by atoms with Crippen LogP contribution < -0.4 is 5.32 Å². The Morgan fingerprint density at radius 2 is 2.05 bits per heavy atom. The number of anilines is 1. The van der Waals surface area contributed by atoms with E-state index < -0.39 is 0 Å². The highest BCUT2D eigenvalue weighted by atomic mass is 79.9. The van der Waals surface area contributed by atoms with Crippen LogP contribution >= 0.6 is 15.9 Å². The van der Waals surface area contributed by atoms with Crippen molar-refractivity contribution >= 4 is 32.7 Å². The molecule has 98 valence electrons. The Labute approximate surface area is 118 Å². The monoisotopic (exact) mass is 320 g/mol. The van der Waals surface area contributed by atoms with Crippen molar-refractivity contribution in [3.05, 3.63) is 46.7 Å². The Balaban J connectivity index is 1.84. The number of hydrogen-bond acceptors (Lipinski definition) is 4. The first-order valence-corrected chi connectivity index (χ1v) is 6.80. The minimum absolute atomic E-state index is 0.0803. The molecule has 1 atom stereocenters. The number of furan rings is 1. The van der Waals surface area contributed by atoms with Crippen LogP contribution in [-0.2, 0) is 0 Å². The van der Waals surface area contributed by atoms with Crippen LogP contribution in [0.25, 0.3) is 11.1 Å². The molecule has 0 radical (unpaired) electrons. The van der Waals surface area contributed by atoms with Crippen LogP contribution in [0.15, 0.2) is 43.8 Å². The van der Waals surface area contributed by atoms with Gasteiger partial charge in [0.1, 0.15) is 11.3 Å². The highest BCUT2D eigenvalue weighted by Crippen LogP contribution is 2.25. The van der Waals surface area contributed by atoms with E-state index in [1.165, 1.54) is 0 Å². The Morgan fingerprint density at radius 1 is 1.21 bits per heavy atom. The third-order valence-corrected chi connectivity index (χ3v) is 3.32. The van der Waals surface area contributed by atoms with Crippen LogP contribution in [0.1, 0.15) is 24.6 Å². The fourth-order valence-corrected chi connectivity index (χ4v) is 2.33. The molecule has 0 spiro atoms. The number of aromatic nitrogens is 1. The second kappa shape index (κ2) is 4.74. The van der Waals surface area contributed by atoms with E-state index in [1.54, 1.807) is 0 Å². The highest BCUT2D eigenvalue weighted by Gasteiger charge is 2.10. The van der Waals surface area contributed by atoms with E-state index in [2.05, 4.69) is 26.2 Å². The molecular weight excluding hydrogens is 308 g/mol. The van der Waals surface area contributed by atoms with Crippen molar-refractivity contribution in [2.45, 2.75) is 19.9 Å². The first-order chi connectivity index (χ1) is 9.11. The predicted molar refractivity (Wildman–Crippen MR) is 77.2 cm³/mol. The van der Waals surface area contributed by atoms with Crippen molar-refractivity contribution < 1.29 is 8.83 Å². The van der Waals surface area contributed by atoms with Crippen LogP contribution in [0.2, 0.25) is 0 Å². The Bertz CT molecular complexity index is 717. The molecule has 0 aliphatic heterocycles. The molecule has 0 fully saturated rings. The molecule has 19 heavy (non-hydrogen) atoms. The molecule has 0 bridgehead atoms. The van der Waals surface area contributed by atoms with E-state index in [-0.39, 0.29) is 6.04 Å². The zero-order chi connectivity index (χ0) is 13.4. The standard InChI is InChI=1S/C14H13BrN2O2/c1-8(12-5-6-14(15)19-12)16-10-3-4-13-11(7-10)17-9(2)18-13/h3-8,16H,1-2H3. The maximum absolute atomic E-state index is 5.53. The predicted octanol–water partition coefficient (Wildman–Crippen LogP) is 4.66. The lowest BCUT2D eigenvalue weighted by molar-refractivity contribution is 0.471. The zero-order valence-electron chi connectivity index (χ0n) is 10.6. The van der Waals surface area contributed by atoms with Gasteiger partial charge in [0.2, 0.25) is 0 Å². The van der Waals surface area contributed by atoms with Gasteiger partial charge < -0.3 is 14.2 Å². The van der Waals surface area contributed by atoms with Gasteiger partial charge >= 0.3 is 0 Å². The summed E-state index contributed by atoms with van der Waals surface area (Å²) in [6, 6.07) is 9.78. The number of benzene rings is 1. The fourth-order valence-electron chi connectivity index (χ4n) is 2.01. The van der Waals surface area contributed by atoms with Crippen LogP contribution in [0.5, 0.6) is 0 Å². The van der Waals surface area contributed by atoms with Crippen LogP contribution in [-0.4, -0.2) is 4.98 Å². The SMILES string of the molecule is Cc1nc2cc(NC(C)c3ccc(Br)o3)ccc2o1. The molecule has 3 aromatic rings. The molecule has 0 aliphatic rings. The van der Waals surface area contributed by atoms with E-state index in [0.29, 0.717) is 5.89 Å². The third-order valence-electron chi connectivity index (χ3n) is 2.90. The minimum atomic E-state index is 0.0803. The maximum Gasteiger partial charge on any atom is 0.192 e. The summed E-state index contributed by atoms with van der Waals surface area (Å²) in [5, 5.41) is 3.38. The average Bonchev–Trinajstić information content (AvgIpc) is 2.93. The summed E-state index contributed by atoms with van der Waals surface area (Å²) in [7, 11) is 0. The van der Waals surface area contributed by atoms with Crippen LogP contribution in [0, 0.1) is 6.92 Å². The number of aryl methyl sites for hydroxylation is 1. The number of rotatable bonds is 3. The molecule has 4 nitrogen and oxygen atoms in total. The normalized spacial score (nSPS) is 12.8. The van der Waals surface area contributed by atoms with Gasteiger partial charge in [-0.2, -0.15) is 0 Å². The van der Waals surface area contributed by atoms with Gasteiger partial charge in [-0.05, 0) is 53.2 Å². The van der Waals surface area contributed by atoms with Crippen molar-refractivity contribution in [3.8, 4) is 0 Å². The molecule has 1 aromatic carbocycles. The molecule has 1 unspecified atom stereocenters. The lowest BCUT2D eigenvalue weighted by atomic mass is 10.2. The van der Waals surface area contributed by atoms with E-state index in [4.69, 9.17) is 8.83 Å².